The average Bonchev–Trinajstić information content (AvgIpc) is 2.97. The lowest BCUT2D eigenvalue weighted by atomic mass is 9.98. The number of thiophene rings is 1. The van der Waals surface area contributed by atoms with Gasteiger partial charge in [0.1, 0.15) is 11.1 Å². The van der Waals surface area contributed by atoms with E-state index in [9.17, 15) is 14.9 Å². The van der Waals surface area contributed by atoms with Crippen LogP contribution in [0.2, 0.25) is 0 Å². The van der Waals surface area contributed by atoms with Crippen molar-refractivity contribution in [1.29, 1.82) is 5.26 Å². The zero-order valence-corrected chi connectivity index (χ0v) is 17.4. The summed E-state index contributed by atoms with van der Waals surface area (Å²) < 4.78 is 0. The first-order valence-corrected chi connectivity index (χ1v) is 11.1. The molecule has 0 spiro atoms. The van der Waals surface area contributed by atoms with Crippen LogP contribution in [0.5, 0.6) is 0 Å². The molecule has 0 saturated carbocycles. The third-order valence-corrected chi connectivity index (χ3v) is 6.55. The highest BCUT2D eigenvalue weighted by Gasteiger charge is 2.31. The number of nitrogens with zero attached hydrogens (tertiary/aromatic N) is 2. The zero-order valence-electron chi connectivity index (χ0n) is 15.8. The van der Waals surface area contributed by atoms with Crippen molar-refractivity contribution in [2.45, 2.75) is 64.2 Å². The van der Waals surface area contributed by atoms with Gasteiger partial charge in [-0.15, -0.1) is 11.3 Å². The van der Waals surface area contributed by atoms with Gasteiger partial charge in [0.25, 0.3) is 0 Å². The summed E-state index contributed by atoms with van der Waals surface area (Å²) in [7, 11) is 0. The number of nitriles is 1. The van der Waals surface area contributed by atoms with Gasteiger partial charge in [0.2, 0.25) is 11.8 Å². The third kappa shape index (κ3) is 5.03. The van der Waals surface area contributed by atoms with Gasteiger partial charge < -0.3 is 10.6 Å². The van der Waals surface area contributed by atoms with Crippen molar-refractivity contribution in [1.82, 2.24) is 10.6 Å². The van der Waals surface area contributed by atoms with E-state index < -0.39 is 17.7 Å². The van der Waals surface area contributed by atoms with Crippen molar-refractivity contribution in [2.75, 3.05) is 0 Å². The van der Waals surface area contributed by atoms with E-state index in [-0.39, 0.29) is 5.11 Å². The first-order chi connectivity index (χ1) is 13.6. The van der Waals surface area contributed by atoms with Gasteiger partial charge in [-0.05, 0) is 43.5 Å². The van der Waals surface area contributed by atoms with Crippen LogP contribution in [0.3, 0.4) is 0 Å². The van der Waals surface area contributed by atoms with Gasteiger partial charge in [-0.25, -0.2) is 4.99 Å². The predicted octanol–water partition coefficient (Wildman–Crippen LogP) is 3.69. The number of nitrogens with one attached hydrogen (secondary N) is 2. The average molecular weight is 417 g/mol. The first-order valence-electron chi connectivity index (χ1n) is 9.84. The molecule has 28 heavy (non-hydrogen) atoms. The predicted molar refractivity (Wildman–Crippen MR) is 114 cm³/mol. The third-order valence-electron chi connectivity index (χ3n) is 5.14. The molecule has 1 saturated heterocycles. The van der Waals surface area contributed by atoms with Gasteiger partial charge in [-0.2, -0.15) is 5.26 Å². The monoisotopic (exact) mass is 416 g/mol. The number of carbonyl (C=O) groups excluding carboxylic acids is 2. The maximum Gasteiger partial charge on any atom is 0.244 e. The lowest BCUT2D eigenvalue weighted by molar-refractivity contribution is -0.131. The fraction of sp³-hybridized carbons (Fsp3) is 0.550. The fourth-order valence-electron chi connectivity index (χ4n) is 3.63. The van der Waals surface area contributed by atoms with Crippen molar-refractivity contribution in [2.24, 2.45) is 10.9 Å². The topological polar surface area (TPSA) is 94.3 Å². The summed E-state index contributed by atoms with van der Waals surface area (Å²) in [6, 6.07) is 2.31. The highest BCUT2D eigenvalue weighted by atomic mass is 32.1. The van der Waals surface area contributed by atoms with Crippen LogP contribution < -0.4 is 10.6 Å². The number of hydrogen-bond donors (Lipinski definition) is 2. The summed E-state index contributed by atoms with van der Waals surface area (Å²) >= 11 is 6.33. The minimum atomic E-state index is -1.04. The highest BCUT2D eigenvalue weighted by molar-refractivity contribution is 7.80. The molecular weight excluding hydrogens is 392 g/mol. The fourth-order valence-corrected chi connectivity index (χ4v) is 5.02. The van der Waals surface area contributed by atoms with E-state index in [1.807, 2.05) is 0 Å². The first kappa shape index (κ1) is 20.6. The van der Waals surface area contributed by atoms with Crippen molar-refractivity contribution in [3.63, 3.8) is 0 Å². The van der Waals surface area contributed by atoms with Crippen molar-refractivity contribution >= 4 is 51.7 Å². The highest BCUT2D eigenvalue weighted by Crippen LogP contribution is 2.37. The standard InChI is InChI=1S/C20H24N4O2S2/c21-11-14-13-9-7-5-3-1-2-4-6-8-10-16(13)28-19(14)22-12-15-17(25)23-20(27)24-18(15)26/h12,15H,1-10H2,(H2,23,24,25,26,27). The summed E-state index contributed by atoms with van der Waals surface area (Å²) in [6.07, 6.45) is 12.9. The van der Waals surface area contributed by atoms with Crippen LogP contribution in [0, 0.1) is 17.2 Å². The molecule has 0 aromatic carbocycles. The number of amides is 2. The number of aliphatic imine (C=N–C) groups is 1. The molecule has 148 valence electrons. The van der Waals surface area contributed by atoms with Gasteiger partial charge in [-0.1, -0.05) is 38.5 Å². The van der Waals surface area contributed by atoms with Gasteiger partial charge in [-0.3, -0.25) is 9.59 Å². The van der Waals surface area contributed by atoms with Crippen LogP contribution >= 0.6 is 23.6 Å². The molecular formula is C20H24N4O2S2. The van der Waals surface area contributed by atoms with E-state index in [0.717, 1.165) is 31.2 Å². The Labute approximate surface area is 174 Å². The van der Waals surface area contributed by atoms with Crippen molar-refractivity contribution in [3.8, 4) is 6.07 Å². The number of hydrogen-bond acceptors (Lipinski definition) is 6. The quantitative estimate of drug-likeness (QED) is 0.437. The molecule has 6 nitrogen and oxygen atoms in total. The summed E-state index contributed by atoms with van der Waals surface area (Å²) in [5.41, 5.74) is 1.71. The summed E-state index contributed by atoms with van der Waals surface area (Å²) in [6.45, 7) is 0. The second kappa shape index (κ2) is 9.89. The van der Waals surface area contributed by atoms with Crippen LogP contribution in [-0.2, 0) is 22.4 Å². The Hall–Kier alpha value is -2.11. The van der Waals surface area contributed by atoms with Crippen LogP contribution in [0.15, 0.2) is 4.99 Å². The van der Waals surface area contributed by atoms with E-state index in [2.05, 4.69) is 21.7 Å². The Kier molecular flexibility index (Phi) is 7.29. The SMILES string of the molecule is N#Cc1c(N=CC2C(=O)NC(=S)NC2=O)sc2c1CCCCCCCCCC2. The minimum absolute atomic E-state index is 0.00965. The molecule has 0 unspecified atom stereocenters. The smallest absolute Gasteiger partial charge is 0.244 e. The molecule has 2 amide bonds. The van der Waals surface area contributed by atoms with Crippen molar-refractivity contribution < 1.29 is 9.59 Å². The molecule has 1 fully saturated rings. The lowest BCUT2D eigenvalue weighted by Gasteiger charge is -2.19. The van der Waals surface area contributed by atoms with Crippen LogP contribution in [0.4, 0.5) is 5.00 Å². The molecule has 1 aromatic heterocycles. The molecule has 0 atom stereocenters. The summed E-state index contributed by atoms with van der Waals surface area (Å²) in [4.78, 5) is 29.6. The van der Waals surface area contributed by atoms with E-state index in [1.165, 1.54) is 61.0 Å². The molecule has 8 heteroatoms. The van der Waals surface area contributed by atoms with Gasteiger partial charge in [0, 0.05) is 11.1 Å². The second-order valence-electron chi connectivity index (χ2n) is 7.19. The second-order valence-corrected chi connectivity index (χ2v) is 8.68. The number of carbonyl (C=O) groups is 2. The lowest BCUT2D eigenvalue weighted by Crippen LogP contribution is -2.56. The molecule has 2 aliphatic rings. The van der Waals surface area contributed by atoms with E-state index >= 15 is 0 Å². The number of thiocarbonyl (C=S) groups is 1. The molecule has 0 bridgehead atoms. The number of aryl methyl sites for hydroxylation is 1. The van der Waals surface area contributed by atoms with Gasteiger partial charge in [0.05, 0.1) is 5.56 Å². The van der Waals surface area contributed by atoms with Crippen LogP contribution in [0.1, 0.15) is 67.4 Å². The minimum Gasteiger partial charge on any atom is -0.302 e. The Morgan fingerprint density at radius 3 is 2.18 bits per heavy atom. The molecule has 0 radical (unpaired) electrons. The normalized spacial score (nSPS) is 19.9. The Morgan fingerprint density at radius 2 is 1.57 bits per heavy atom. The molecule has 2 heterocycles. The molecule has 2 N–H and O–H groups in total. The summed E-state index contributed by atoms with van der Waals surface area (Å²) in [5.74, 6) is -2.03. The van der Waals surface area contributed by atoms with E-state index in [0.29, 0.717) is 10.6 Å². The Balaban J connectivity index is 1.84. The van der Waals surface area contributed by atoms with E-state index in [4.69, 9.17) is 12.2 Å². The van der Waals surface area contributed by atoms with Crippen LogP contribution in [-0.4, -0.2) is 23.1 Å². The summed E-state index contributed by atoms with van der Waals surface area (Å²) in [5, 5.41) is 15.2. The maximum absolute atomic E-state index is 12.0. The largest absolute Gasteiger partial charge is 0.302 e. The zero-order chi connectivity index (χ0) is 19.9. The molecule has 1 aliphatic heterocycles. The van der Waals surface area contributed by atoms with Crippen LogP contribution in [0.25, 0.3) is 0 Å². The Bertz CT molecular complexity index is 818. The van der Waals surface area contributed by atoms with Crippen molar-refractivity contribution in [3.05, 3.63) is 16.0 Å². The molecule has 3 rings (SSSR count). The van der Waals surface area contributed by atoms with E-state index in [1.54, 1.807) is 0 Å². The number of rotatable bonds is 2. The van der Waals surface area contributed by atoms with Gasteiger partial charge in [0.15, 0.2) is 11.0 Å². The maximum atomic E-state index is 12.0. The number of fused-ring (bicyclic) bond motifs is 1. The molecule has 1 aliphatic carbocycles. The molecule has 1 aromatic rings. The Morgan fingerprint density at radius 1 is 1.00 bits per heavy atom. The van der Waals surface area contributed by atoms with Gasteiger partial charge >= 0.3 is 0 Å².